The van der Waals surface area contributed by atoms with E-state index in [4.69, 9.17) is 4.74 Å². The Bertz CT molecular complexity index is 727. The van der Waals surface area contributed by atoms with Crippen LogP contribution in [0.2, 0.25) is 0 Å². The molecule has 1 atom stereocenters. The van der Waals surface area contributed by atoms with Crippen molar-refractivity contribution in [3.63, 3.8) is 0 Å². The molecule has 1 aliphatic carbocycles. The molecule has 0 fully saturated rings. The number of ether oxygens (including phenoxy) is 1. The van der Waals surface area contributed by atoms with Crippen molar-refractivity contribution in [3.8, 4) is 5.75 Å². The standard InChI is InChI=1S/C21H24BrNO2/c1-2-20(17-8-7-15-5-3-4-6-16(15)13-17)23-21(24)14-25-19-11-9-18(22)10-12-19/h7-13,20H,2-6,14H2,1H3,(H,23,24). The van der Waals surface area contributed by atoms with Gasteiger partial charge in [0.25, 0.3) is 5.91 Å². The van der Waals surface area contributed by atoms with E-state index in [9.17, 15) is 4.79 Å². The van der Waals surface area contributed by atoms with Crippen LogP contribution in [0.4, 0.5) is 0 Å². The predicted octanol–water partition coefficient (Wildman–Crippen LogP) is 4.97. The number of fused-ring (bicyclic) bond motifs is 1. The minimum atomic E-state index is -0.0903. The lowest BCUT2D eigenvalue weighted by Gasteiger charge is -2.21. The SMILES string of the molecule is CCC(NC(=O)COc1ccc(Br)cc1)c1ccc2c(c1)CCCC2. The normalized spacial score (nSPS) is 14.5. The van der Waals surface area contributed by atoms with Gasteiger partial charge in [-0.3, -0.25) is 4.79 Å². The summed E-state index contributed by atoms with van der Waals surface area (Å²) in [5, 5.41) is 3.10. The second-order valence-corrected chi connectivity index (χ2v) is 7.42. The number of hydrogen-bond acceptors (Lipinski definition) is 2. The van der Waals surface area contributed by atoms with Crippen LogP contribution in [-0.4, -0.2) is 12.5 Å². The first kappa shape index (κ1) is 18.0. The van der Waals surface area contributed by atoms with Crippen molar-refractivity contribution >= 4 is 21.8 Å². The van der Waals surface area contributed by atoms with Gasteiger partial charge in [0.05, 0.1) is 6.04 Å². The highest BCUT2D eigenvalue weighted by atomic mass is 79.9. The van der Waals surface area contributed by atoms with E-state index in [1.54, 1.807) is 0 Å². The van der Waals surface area contributed by atoms with E-state index in [-0.39, 0.29) is 18.6 Å². The van der Waals surface area contributed by atoms with Gasteiger partial charge in [-0.15, -0.1) is 0 Å². The van der Waals surface area contributed by atoms with Crippen LogP contribution in [-0.2, 0) is 17.6 Å². The van der Waals surface area contributed by atoms with E-state index in [0.717, 1.165) is 17.3 Å². The molecule has 0 radical (unpaired) electrons. The molecule has 4 heteroatoms. The summed E-state index contributed by atoms with van der Waals surface area (Å²) >= 11 is 3.38. The fourth-order valence-electron chi connectivity index (χ4n) is 3.31. The van der Waals surface area contributed by atoms with Gasteiger partial charge in [-0.2, -0.15) is 0 Å². The number of benzene rings is 2. The predicted molar refractivity (Wildman–Crippen MR) is 104 cm³/mol. The molecule has 1 amide bonds. The lowest BCUT2D eigenvalue weighted by molar-refractivity contribution is -0.123. The number of nitrogens with one attached hydrogen (secondary N) is 1. The third-order valence-electron chi connectivity index (χ3n) is 4.70. The third-order valence-corrected chi connectivity index (χ3v) is 5.23. The van der Waals surface area contributed by atoms with Gasteiger partial charge in [-0.25, -0.2) is 0 Å². The summed E-state index contributed by atoms with van der Waals surface area (Å²) in [4.78, 5) is 12.3. The van der Waals surface area contributed by atoms with Crippen molar-refractivity contribution < 1.29 is 9.53 Å². The molecule has 0 aromatic heterocycles. The Balaban J connectivity index is 1.59. The van der Waals surface area contributed by atoms with Crippen LogP contribution in [0.5, 0.6) is 5.75 Å². The molecule has 1 unspecified atom stereocenters. The van der Waals surface area contributed by atoms with Crippen molar-refractivity contribution in [2.75, 3.05) is 6.61 Å². The minimum absolute atomic E-state index is 0.0308. The molecule has 3 nitrogen and oxygen atoms in total. The molecule has 0 aliphatic heterocycles. The monoisotopic (exact) mass is 401 g/mol. The second kappa shape index (κ2) is 8.52. The largest absolute Gasteiger partial charge is 0.484 e. The van der Waals surface area contributed by atoms with E-state index in [1.807, 2.05) is 24.3 Å². The highest BCUT2D eigenvalue weighted by molar-refractivity contribution is 9.10. The van der Waals surface area contributed by atoms with Crippen molar-refractivity contribution in [2.24, 2.45) is 0 Å². The number of halogens is 1. The number of amides is 1. The maximum absolute atomic E-state index is 12.3. The maximum atomic E-state index is 12.3. The zero-order valence-electron chi connectivity index (χ0n) is 14.6. The third kappa shape index (κ3) is 4.85. The fourth-order valence-corrected chi connectivity index (χ4v) is 3.57. The Morgan fingerprint density at radius 2 is 1.84 bits per heavy atom. The molecule has 25 heavy (non-hydrogen) atoms. The summed E-state index contributed by atoms with van der Waals surface area (Å²) in [6, 6.07) is 14.2. The summed E-state index contributed by atoms with van der Waals surface area (Å²) in [7, 11) is 0. The molecule has 0 bridgehead atoms. The number of hydrogen-bond donors (Lipinski definition) is 1. The summed E-state index contributed by atoms with van der Waals surface area (Å²) in [5.41, 5.74) is 4.11. The van der Waals surface area contributed by atoms with E-state index in [0.29, 0.717) is 5.75 Å². The van der Waals surface area contributed by atoms with E-state index in [2.05, 4.69) is 46.4 Å². The maximum Gasteiger partial charge on any atom is 0.258 e. The summed E-state index contributed by atoms with van der Waals surface area (Å²) < 4.78 is 6.55. The number of rotatable bonds is 6. The lowest BCUT2D eigenvalue weighted by Crippen LogP contribution is -2.32. The second-order valence-electron chi connectivity index (χ2n) is 6.51. The van der Waals surface area contributed by atoms with Crippen LogP contribution in [0.15, 0.2) is 46.9 Å². The van der Waals surface area contributed by atoms with Gasteiger partial charge in [0.2, 0.25) is 0 Å². The smallest absolute Gasteiger partial charge is 0.258 e. The fraction of sp³-hybridized carbons (Fsp3) is 0.381. The molecular weight excluding hydrogens is 378 g/mol. The van der Waals surface area contributed by atoms with Crippen molar-refractivity contribution in [3.05, 3.63) is 63.6 Å². The van der Waals surface area contributed by atoms with Gasteiger partial charge < -0.3 is 10.1 Å². The summed E-state index contributed by atoms with van der Waals surface area (Å²) in [5.74, 6) is 0.604. The van der Waals surface area contributed by atoms with Crippen LogP contribution < -0.4 is 10.1 Å². The highest BCUT2D eigenvalue weighted by Crippen LogP contribution is 2.26. The minimum Gasteiger partial charge on any atom is -0.484 e. The molecule has 3 rings (SSSR count). The quantitative estimate of drug-likeness (QED) is 0.741. The van der Waals surface area contributed by atoms with Gasteiger partial charge in [0, 0.05) is 4.47 Å². The molecule has 0 heterocycles. The number of carbonyl (C=O) groups is 1. The molecule has 132 valence electrons. The zero-order chi connectivity index (χ0) is 17.6. The number of carbonyl (C=O) groups excluding carboxylic acids is 1. The van der Waals surface area contributed by atoms with Gasteiger partial charge >= 0.3 is 0 Å². The molecule has 0 saturated carbocycles. The van der Waals surface area contributed by atoms with Crippen molar-refractivity contribution in [2.45, 2.75) is 45.1 Å². The van der Waals surface area contributed by atoms with Crippen molar-refractivity contribution in [1.29, 1.82) is 0 Å². The molecule has 2 aromatic carbocycles. The summed E-state index contributed by atoms with van der Waals surface area (Å²) in [6.45, 7) is 2.13. The van der Waals surface area contributed by atoms with Crippen LogP contribution in [0.25, 0.3) is 0 Å². The molecular formula is C21H24BrNO2. The van der Waals surface area contributed by atoms with Crippen LogP contribution in [0.1, 0.15) is 48.9 Å². The summed E-state index contributed by atoms with van der Waals surface area (Å²) in [6.07, 6.45) is 5.75. The van der Waals surface area contributed by atoms with Crippen LogP contribution in [0.3, 0.4) is 0 Å². The molecule has 1 aliphatic rings. The highest BCUT2D eigenvalue weighted by Gasteiger charge is 2.16. The first-order valence-corrected chi connectivity index (χ1v) is 9.74. The first-order chi connectivity index (χ1) is 12.2. The Kier molecular flexibility index (Phi) is 6.14. The van der Waals surface area contributed by atoms with E-state index in [1.165, 1.54) is 36.0 Å². The molecule has 1 N–H and O–H groups in total. The first-order valence-electron chi connectivity index (χ1n) is 8.95. The number of aryl methyl sites for hydroxylation is 2. The Hall–Kier alpha value is -1.81. The van der Waals surface area contributed by atoms with Gasteiger partial charge in [0.15, 0.2) is 6.61 Å². The Morgan fingerprint density at radius 1 is 1.12 bits per heavy atom. The average Bonchev–Trinajstić information content (AvgIpc) is 2.65. The topological polar surface area (TPSA) is 38.3 Å². The molecule has 2 aromatic rings. The van der Waals surface area contributed by atoms with Crippen molar-refractivity contribution in [1.82, 2.24) is 5.32 Å². The molecule has 0 saturated heterocycles. The van der Waals surface area contributed by atoms with Gasteiger partial charge in [0.1, 0.15) is 5.75 Å². The average molecular weight is 402 g/mol. The van der Waals surface area contributed by atoms with Crippen LogP contribution in [0, 0.1) is 0 Å². The van der Waals surface area contributed by atoms with E-state index < -0.39 is 0 Å². The van der Waals surface area contributed by atoms with Gasteiger partial charge in [-0.05, 0) is 73.1 Å². The Labute approximate surface area is 157 Å². The van der Waals surface area contributed by atoms with Crippen LogP contribution >= 0.6 is 15.9 Å². The zero-order valence-corrected chi connectivity index (χ0v) is 16.1. The van der Waals surface area contributed by atoms with E-state index >= 15 is 0 Å². The Morgan fingerprint density at radius 3 is 2.56 bits per heavy atom. The van der Waals surface area contributed by atoms with Gasteiger partial charge in [-0.1, -0.05) is 41.1 Å². The lowest BCUT2D eigenvalue weighted by atomic mass is 9.89. The molecule has 0 spiro atoms.